The molecule has 0 spiro atoms. The Bertz CT molecular complexity index is 1090. The number of fused-ring (bicyclic) bond motifs is 1. The van der Waals surface area contributed by atoms with E-state index in [9.17, 15) is 13.6 Å². The maximum atomic E-state index is 14.4. The van der Waals surface area contributed by atoms with Gasteiger partial charge >= 0.3 is 0 Å². The molecule has 0 bridgehead atoms. The van der Waals surface area contributed by atoms with Gasteiger partial charge in [0, 0.05) is 29.8 Å². The van der Waals surface area contributed by atoms with Crippen molar-refractivity contribution in [3.8, 4) is 0 Å². The number of hydrogen-bond acceptors (Lipinski definition) is 5. The summed E-state index contributed by atoms with van der Waals surface area (Å²) in [6, 6.07) is 6.78. The average molecular weight is 418 g/mol. The molecule has 6 nitrogen and oxygen atoms in total. The number of benzene rings is 2. The van der Waals surface area contributed by atoms with Crippen LogP contribution in [0.15, 0.2) is 48.8 Å². The molecule has 0 radical (unpaired) electrons. The highest BCUT2D eigenvalue weighted by Crippen LogP contribution is 2.29. The third-order valence-corrected chi connectivity index (χ3v) is 4.19. The van der Waals surface area contributed by atoms with Gasteiger partial charge in [-0.1, -0.05) is 17.7 Å². The summed E-state index contributed by atoms with van der Waals surface area (Å²) in [7, 11) is 3.74. The van der Waals surface area contributed by atoms with Gasteiger partial charge in [0.15, 0.2) is 0 Å². The van der Waals surface area contributed by atoms with Gasteiger partial charge in [-0.15, -0.1) is 0 Å². The van der Waals surface area contributed by atoms with Crippen LogP contribution in [0, 0.1) is 11.6 Å². The van der Waals surface area contributed by atoms with Crippen LogP contribution in [-0.4, -0.2) is 41.4 Å². The van der Waals surface area contributed by atoms with Crippen molar-refractivity contribution in [1.29, 1.82) is 0 Å². The minimum absolute atomic E-state index is 0.00742. The number of carbonyl (C=O) groups is 1. The summed E-state index contributed by atoms with van der Waals surface area (Å²) in [5.41, 5.74) is 0.833. The van der Waals surface area contributed by atoms with E-state index in [-0.39, 0.29) is 10.7 Å². The van der Waals surface area contributed by atoms with Crippen molar-refractivity contribution in [2.24, 2.45) is 0 Å². The lowest BCUT2D eigenvalue weighted by Gasteiger charge is -2.11. The van der Waals surface area contributed by atoms with Crippen molar-refractivity contribution in [2.75, 3.05) is 31.3 Å². The van der Waals surface area contributed by atoms with Crippen molar-refractivity contribution >= 4 is 45.6 Å². The fourth-order valence-electron chi connectivity index (χ4n) is 2.53. The smallest absolute Gasteiger partial charge is 0.248 e. The normalized spacial score (nSPS) is 11.4. The Morgan fingerprint density at radius 1 is 1.17 bits per heavy atom. The number of rotatable bonds is 6. The SMILES string of the molecule is CN(C)CC=CC(=O)Nc1cc2c(Nc3ccc(F)c(Cl)c3)ncnc2cc1F. The van der Waals surface area contributed by atoms with Crippen LogP contribution in [0.3, 0.4) is 0 Å². The first-order chi connectivity index (χ1) is 13.8. The molecule has 0 saturated carbocycles. The highest BCUT2D eigenvalue weighted by molar-refractivity contribution is 6.31. The van der Waals surface area contributed by atoms with Gasteiger partial charge in [-0.2, -0.15) is 0 Å². The Kier molecular flexibility index (Phi) is 6.36. The summed E-state index contributed by atoms with van der Waals surface area (Å²) in [6.07, 6.45) is 4.28. The lowest BCUT2D eigenvalue weighted by atomic mass is 10.2. The van der Waals surface area contributed by atoms with Crippen molar-refractivity contribution in [3.63, 3.8) is 0 Å². The largest absolute Gasteiger partial charge is 0.340 e. The van der Waals surface area contributed by atoms with E-state index in [1.54, 1.807) is 6.08 Å². The second-order valence-electron chi connectivity index (χ2n) is 6.48. The van der Waals surface area contributed by atoms with Gasteiger partial charge in [0.2, 0.25) is 5.91 Å². The van der Waals surface area contributed by atoms with E-state index in [0.29, 0.717) is 29.0 Å². The third kappa shape index (κ3) is 5.24. The number of amides is 1. The van der Waals surface area contributed by atoms with Crippen LogP contribution >= 0.6 is 11.6 Å². The number of nitrogens with zero attached hydrogens (tertiary/aromatic N) is 3. The van der Waals surface area contributed by atoms with E-state index in [2.05, 4.69) is 20.6 Å². The lowest BCUT2D eigenvalue weighted by Crippen LogP contribution is -2.13. The third-order valence-electron chi connectivity index (χ3n) is 3.90. The monoisotopic (exact) mass is 417 g/mol. The van der Waals surface area contributed by atoms with E-state index in [4.69, 9.17) is 11.6 Å². The van der Waals surface area contributed by atoms with E-state index >= 15 is 0 Å². The van der Waals surface area contributed by atoms with Crippen LogP contribution in [0.2, 0.25) is 5.02 Å². The molecular weight excluding hydrogens is 400 g/mol. The zero-order valence-corrected chi connectivity index (χ0v) is 16.5. The Hall–Kier alpha value is -3.10. The first kappa shape index (κ1) is 20.6. The second kappa shape index (κ2) is 8.93. The molecule has 2 aromatic carbocycles. The van der Waals surface area contributed by atoms with Gasteiger partial charge in [-0.25, -0.2) is 18.7 Å². The van der Waals surface area contributed by atoms with Crippen LogP contribution in [0.25, 0.3) is 10.9 Å². The van der Waals surface area contributed by atoms with Crippen molar-refractivity contribution in [3.05, 3.63) is 65.5 Å². The zero-order valence-electron chi connectivity index (χ0n) is 15.7. The molecule has 0 unspecified atom stereocenters. The van der Waals surface area contributed by atoms with E-state index in [0.717, 1.165) is 0 Å². The highest BCUT2D eigenvalue weighted by Gasteiger charge is 2.12. The molecule has 0 saturated heterocycles. The van der Waals surface area contributed by atoms with Crippen LogP contribution < -0.4 is 10.6 Å². The number of anilines is 3. The molecular formula is C20H18ClF2N5O. The first-order valence-electron chi connectivity index (χ1n) is 8.62. The van der Waals surface area contributed by atoms with E-state index in [1.165, 1.54) is 42.7 Å². The number of carbonyl (C=O) groups excluding carboxylic acids is 1. The summed E-state index contributed by atoms with van der Waals surface area (Å²) < 4.78 is 27.8. The summed E-state index contributed by atoms with van der Waals surface area (Å²) in [4.78, 5) is 22.1. The fraction of sp³-hybridized carbons (Fsp3) is 0.150. The molecule has 1 heterocycles. The summed E-state index contributed by atoms with van der Waals surface area (Å²) in [5, 5.41) is 5.94. The average Bonchev–Trinajstić information content (AvgIpc) is 2.65. The van der Waals surface area contributed by atoms with Crippen LogP contribution in [0.5, 0.6) is 0 Å². The predicted octanol–water partition coefficient (Wildman–Crippen LogP) is 4.36. The molecule has 29 heavy (non-hydrogen) atoms. The molecule has 1 aromatic heterocycles. The molecule has 3 aromatic rings. The number of nitrogens with one attached hydrogen (secondary N) is 2. The maximum absolute atomic E-state index is 14.4. The Morgan fingerprint density at radius 2 is 1.97 bits per heavy atom. The lowest BCUT2D eigenvalue weighted by molar-refractivity contribution is -0.111. The zero-order chi connectivity index (χ0) is 21.0. The van der Waals surface area contributed by atoms with Crippen LogP contribution in [-0.2, 0) is 4.79 Å². The molecule has 150 valence electrons. The molecule has 0 aliphatic carbocycles. The summed E-state index contributed by atoms with van der Waals surface area (Å²) in [6.45, 7) is 0.579. The second-order valence-corrected chi connectivity index (χ2v) is 6.89. The van der Waals surface area contributed by atoms with Gasteiger partial charge < -0.3 is 15.5 Å². The Morgan fingerprint density at radius 3 is 2.69 bits per heavy atom. The molecule has 3 rings (SSSR count). The molecule has 0 atom stereocenters. The quantitative estimate of drug-likeness (QED) is 0.583. The Labute approximate surface area is 171 Å². The van der Waals surface area contributed by atoms with Crippen molar-refractivity contribution in [1.82, 2.24) is 14.9 Å². The summed E-state index contributed by atoms with van der Waals surface area (Å²) >= 11 is 5.81. The van der Waals surface area contributed by atoms with Gasteiger partial charge in [0.25, 0.3) is 0 Å². The van der Waals surface area contributed by atoms with Crippen LogP contribution in [0.1, 0.15) is 0 Å². The van der Waals surface area contributed by atoms with Gasteiger partial charge in [-0.3, -0.25) is 4.79 Å². The standard InChI is InChI=1S/C20H18ClF2N5O/c1-28(2)7-3-4-19(29)27-18-9-13-17(10-16(18)23)24-11-25-20(13)26-12-5-6-15(22)14(21)8-12/h3-6,8-11H,7H2,1-2H3,(H,27,29)(H,24,25,26). The number of halogens is 3. The Balaban J connectivity index is 1.90. The molecule has 9 heteroatoms. The van der Waals surface area contributed by atoms with Crippen molar-refractivity contribution in [2.45, 2.75) is 0 Å². The van der Waals surface area contributed by atoms with Gasteiger partial charge in [0.1, 0.15) is 23.8 Å². The summed E-state index contributed by atoms with van der Waals surface area (Å²) in [5.74, 6) is -1.27. The first-order valence-corrected chi connectivity index (χ1v) is 9.00. The molecule has 0 aliphatic heterocycles. The van der Waals surface area contributed by atoms with E-state index < -0.39 is 17.5 Å². The minimum atomic E-state index is -0.624. The number of aromatic nitrogens is 2. The number of likely N-dealkylation sites (N-methyl/N-ethyl adjacent to an activating group) is 1. The maximum Gasteiger partial charge on any atom is 0.248 e. The topological polar surface area (TPSA) is 70.2 Å². The highest BCUT2D eigenvalue weighted by atomic mass is 35.5. The molecule has 0 fully saturated rings. The van der Waals surface area contributed by atoms with Gasteiger partial charge in [0.05, 0.1) is 16.2 Å². The van der Waals surface area contributed by atoms with E-state index in [1.807, 2.05) is 19.0 Å². The number of hydrogen-bond donors (Lipinski definition) is 2. The van der Waals surface area contributed by atoms with Crippen LogP contribution in [0.4, 0.5) is 26.0 Å². The van der Waals surface area contributed by atoms with Gasteiger partial charge in [-0.05, 0) is 38.4 Å². The minimum Gasteiger partial charge on any atom is -0.340 e. The fourth-order valence-corrected chi connectivity index (χ4v) is 2.71. The predicted molar refractivity (Wildman–Crippen MR) is 111 cm³/mol. The molecule has 0 aliphatic rings. The van der Waals surface area contributed by atoms with Crippen molar-refractivity contribution < 1.29 is 13.6 Å². The molecule has 1 amide bonds. The molecule has 2 N–H and O–H groups in total.